The Morgan fingerprint density at radius 2 is 2.17 bits per heavy atom. The molecule has 1 saturated carbocycles. The van der Waals surface area contributed by atoms with Crippen molar-refractivity contribution in [1.29, 1.82) is 0 Å². The van der Waals surface area contributed by atoms with Crippen LogP contribution in [0.3, 0.4) is 0 Å². The van der Waals surface area contributed by atoms with Gasteiger partial charge in [-0.15, -0.1) is 0 Å². The molecule has 0 aromatic heterocycles. The molecule has 1 aliphatic carbocycles. The fourth-order valence-corrected chi connectivity index (χ4v) is 4.62. The van der Waals surface area contributed by atoms with Crippen molar-refractivity contribution in [2.45, 2.75) is 58.5 Å². The van der Waals surface area contributed by atoms with Gasteiger partial charge in [-0.25, -0.2) is 4.79 Å². The molecular formula is C20H30N2O2. The number of carbonyl (C=O) groups is 1. The predicted octanol–water partition coefficient (Wildman–Crippen LogP) is 3.96. The van der Waals surface area contributed by atoms with Crippen molar-refractivity contribution >= 4 is 11.7 Å². The number of hydrogen-bond donors (Lipinski definition) is 2. The molecule has 1 saturated heterocycles. The monoisotopic (exact) mass is 330 g/mol. The zero-order chi connectivity index (χ0) is 17.3. The van der Waals surface area contributed by atoms with E-state index in [2.05, 4.69) is 25.2 Å². The second kappa shape index (κ2) is 6.75. The molecule has 2 aliphatic rings. The summed E-state index contributed by atoms with van der Waals surface area (Å²) in [6, 6.07) is 6.12. The Kier molecular flexibility index (Phi) is 4.86. The molecule has 1 aromatic carbocycles. The molecule has 2 fully saturated rings. The lowest BCUT2D eigenvalue weighted by Crippen LogP contribution is -2.45. The molecule has 1 aromatic rings. The first kappa shape index (κ1) is 17.3. The van der Waals surface area contributed by atoms with Gasteiger partial charge >= 0.3 is 6.03 Å². The Bertz CT molecular complexity index is 616. The average Bonchev–Trinajstić information content (AvgIpc) is 3.02. The number of para-hydroxylation sites is 1. The van der Waals surface area contributed by atoms with Crippen molar-refractivity contribution in [2.24, 2.45) is 11.8 Å². The molecule has 0 spiro atoms. The second-order valence-corrected chi connectivity index (χ2v) is 7.51. The highest BCUT2D eigenvalue weighted by Crippen LogP contribution is 2.44. The van der Waals surface area contributed by atoms with Crippen LogP contribution in [0.1, 0.15) is 50.7 Å². The van der Waals surface area contributed by atoms with Gasteiger partial charge in [0.15, 0.2) is 0 Å². The molecule has 3 rings (SSSR count). The minimum Gasteiger partial charge on any atom is -0.390 e. The van der Waals surface area contributed by atoms with E-state index in [9.17, 15) is 9.90 Å². The Balaban J connectivity index is 1.74. The van der Waals surface area contributed by atoms with Crippen LogP contribution in [0.2, 0.25) is 0 Å². The van der Waals surface area contributed by atoms with Crippen LogP contribution in [0.25, 0.3) is 0 Å². The van der Waals surface area contributed by atoms with Gasteiger partial charge in [-0.05, 0) is 49.7 Å². The quantitative estimate of drug-likeness (QED) is 0.881. The minimum absolute atomic E-state index is 0.0214. The van der Waals surface area contributed by atoms with E-state index in [0.717, 1.165) is 49.9 Å². The molecule has 2 N–H and O–H groups in total. The Morgan fingerprint density at radius 3 is 2.88 bits per heavy atom. The molecule has 4 nitrogen and oxygen atoms in total. The third kappa shape index (κ3) is 3.04. The van der Waals surface area contributed by atoms with Crippen LogP contribution in [0, 0.1) is 18.8 Å². The van der Waals surface area contributed by atoms with Gasteiger partial charge in [-0.2, -0.15) is 0 Å². The van der Waals surface area contributed by atoms with E-state index in [-0.39, 0.29) is 11.9 Å². The highest BCUT2D eigenvalue weighted by Gasteiger charge is 2.48. The number of nitrogens with one attached hydrogen (secondary N) is 1. The molecule has 24 heavy (non-hydrogen) atoms. The van der Waals surface area contributed by atoms with Crippen molar-refractivity contribution in [1.82, 2.24) is 4.90 Å². The summed E-state index contributed by atoms with van der Waals surface area (Å²) in [5.41, 5.74) is 2.63. The van der Waals surface area contributed by atoms with E-state index in [1.165, 1.54) is 5.56 Å². The fourth-order valence-electron chi connectivity index (χ4n) is 4.62. The first-order valence-corrected chi connectivity index (χ1v) is 9.35. The summed E-state index contributed by atoms with van der Waals surface area (Å²) in [6.07, 6.45) is 4.75. The van der Waals surface area contributed by atoms with Crippen LogP contribution in [0.15, 0.2) is 18.2 Å². The van der Waals surface area contributed by atoms with Gasteiger partial charge in [0.05, 0.1) is 5.60 Å². The van der Waals surface area contributed by atoms with E-state index in [1.54, 1.807) is 0 Å². The van der Waals surface area contributed by atoms with Gasteiger partial charge in [0.25, 0.3) is 0 Å². The molecule has 132 valence electrons. The number of amides is 2. The molecular weight excluding hydrogens is 300 g/mol. The summed E-state index contributed by atoms with van der Waals surface area (Å²) in [5.74, 6) is 0.668. The van der Waals surface area contributed by atoms with Gasteiger partial charge in [-0.3, -0.25) is 0 Å². The van der Waals surface area contributed by atoms with Crippen molar-refractivity contribution in [2.75, 3.05) is 18.4 Å². The predicted molar refractivity (Wildman–Crippen MR) is 97.2 cm³/mol. The zero-order valence-electron chi connectivity index (χ0n) is 15.1. The van der Waals surface area contributed by atoms with Gasteiger partial charge in [-0.1, -0.05) is 38.5 Å². The van der Waals surface area contributed by atoms with E-state index < -0.39 is 5.60 Å². The molecule has 4 heteroatoms. The molecule has 0 bridgehead atoms. The number of aliphatic hydroxyl groups is 1. The number of rotatable bonds is 3. The number of carbonyl (C=O) groups excluding carboxylic acids is 1. The minimum atomic E-state index is -0.588. The van der Waals surface area contributed by atoms with Crippen molar-refractivity contribution < 1.29 is 9.90 Å². The van der Waals surface area contributed by atoms with Crippen LogP contribution in [-0.4, -0.2) is 34.7 Å². The number of anilines is 1. The maximum Gasteiger partial charge on any atom is 0.321 e. The maximum absolute atomic E-state index is 12.8. The van der Waals surface area contributed by atoms with Crippen LogP contribution < -0.4 is 5.32 Å². The van der Waals surface area contributed by atoms with Crippen LogP contribution >= 0.6 is 0 Å². The Hall–Kier alpha value is -1.55. The van der Waals surface area contributed by atoms with E-state index in [0.29, 0.717) is 12.5 Å². The third-order valence-corrected chi connectivity index (χ3v) is 6.19. The normalized spacial score (nSPS) is 29.4. The number of benzene rings is 1. The smallest absolute Gasteiger partial charge is 0.321 e. The van der Waals surface area contributed by atoms with Crippen LogP contribution in [0.4, 0.5) is 10.5 Å². The molecule has 1 aliphatic heterocycles. The largest absolute Gasteiger partial charge is 0.390 e. The highest BCUT2D eigenvalue weighted by molar-refractivity contribution is 5.91. The number of urea groups is 1. The summed E-state index contributed by atoms with van der Waals surface area (Å²) in [7, 11) is 0. The number of hydrogen-bond acceptors (Lipinski definition) is 2. The molecule has 2 amide bonds. The van der Waals surface area contributed by atoms with Gasteiger partial charge in [0.1, 0.15) is 0 Å². The van der Waals surface area contributed by atoms with E-state index in [4.69, 9.17) is 0 Å². The topological polar surface area (TPSA) is 52.6 Å². The highest BCUT2D eigenvalue weighted by atomic mass is 16.3. The summed E-state index contributed by atoms with van der Waals surface area (Å²) >= 11 is 0. The number of aryl methyl sites for hydroxylation is 2. The van der Waals surface area contributed by atoms with E-state index in [1.807, 2.05) is 24.0 Å². The lowest BCUT2D eigenvalue weighted by atomic mass is 9.69. The Morgan fingerprint density at radius 1 is 1.38 bits per heavy atom. The summed E-state index contributed by atoms with van der Waals surface area (Å²) < 4.78 is 0. The van der Waals surface area contributed by atoms with Crippen LogP contribution in [-0.2, 0) is 6.42 Å². The summed E-state index contributed by atoms with van der Waals surface area (Å²) in [4.78, 5) is 14.7. The number of nitrogens with zero attached hydrogens (tertiary/aromatic N) is 1. The van der Waals surface area contributed by atoms with Gasteiger partial charge in [0.2, 0.25) is 0 Å². The lowest BCUT2D eigenvalue weighted by Gasteiger charge is -2.40. The molecule has 0 unspecified atom stereocenters. The number of likely N-dealkylation sites (tertiary alicyclic amines) is 1. The average molecular weight is 330 g/mol. The van der Waals surface area contributed by atoms with E-state index >= 15 is 0 Å². The van der Waals surface area contributed by atoms with Crippen LogP contribution in [0.5, 0.6) is 0 Å². The fraction of sp³-hybridized carbons (Fsp3) is 0.650. The van der Waals surface area contributed by atoms with Crippen molar-refractivity contribution in [3.8, 4) is 0 Å². The number of fused-ring (bicyclic) bond motifs is 1. The second-order valence-electron chi connectivity index (χ2n) is 7.51. The maximum atomic E-state index is 12.8. The SMILES string of the molecule is CCc1cccc(C)c1NC(=O)N1C[C@H]2CCC[C@](O)(CC)[C@H]2C1. The molecule has 3 atom stereocenters. The Labute approximate surface area is 145 Å². The lowest BCUT2D eigenvalue weighted by molar-refractivity contribution is -0.0607. The zero-order valence-corrected chi connectivity index (χ0v) is 15.1. The van der Waals surface area contributed by atoms with Gasteiger partial charge in [0, 0.05) is 24.7 Å². The standard InChI is InChI=1S/C20H30N2O2/c1-4-15-9-6-8-14(3)18(15)21-19(23)22-12-16-10-7-11-20(24,5-2)17(16)13-22/h6,8-9,16-17,24H,4-5,7,10-13H2,1-3H3,(H,21,23)/t16-,17+,20-/m1/s1. The van der Waals surface area contributed by atoms with Crippen molar-refractivity contribution in [3.63, 3.8) is 0 Å². The summed E-state index contributed by atoms with van der Waals surface area (Å²) in [5, 5.41) is 14.0. The van der Waals surface area contributed by atoms with Crippen molar-refractivity contribution in [3.05, 3.63) is 29.3 Å². The summed E-state index contributed by atoms with van der Waals surface area (Å²) in [6.45, 7) is 7.65. The van der Waals surface area contributed by atoms with Gasteiger partial charge < -0.3 is 15.3 Å². The molecule has 1 heterocycles. The first-order valence-electron chi connectivity index (χ1n) is 9.35. The first-order chi connectivity index (χ1) is 11.5. The third-order valence-electron chi connectivity index (χ3n) is 6.19. The molecule has 0 radical (unpaired) electrons.